The second-order valence-electron chi connectivity index (χ2n) is 4.79. The summed E-state index contributed by atoms with van der Waals surface area (Å²) in [6.45, 7) is 0. The number of halogens is 3. The summed E-state index contributed by atoms with van der Waals surface area (Å²) in [6.07, 6.45) is -0.123. The SMILES string of the molecule is O=C1C2C3CCC(O3)C2C(=O)N1OS(=O)(=O)C(F)(F)F. The molecule has 2 bridgehead atoms. The van der Waals surface area contributed by atoms with Gasteiger partial charge in [-0.05, 0) is 12.8 Å². The van der Waals surface area contributed by atoms with Crippen LogP contribution in [0.1, 0.15) is 12.8 Å². The Balaban J connectivity index is 1.87. The van der Waals surface area contributed by atoms with E-state index in [4.69, 9.17) is 4.74 Å². The smallest absolute Gasteiger partial charge is 0.373 e. The van der Waals surface area contributed by atoms with Crippen LogP contribution in [0.25, 0.3) is 0 Å². The Hall–Kier alpha value is -1.20. The number of amides is 2. The normalized spacial score (nSPS) is 36.9. The molecule has 112 valence electrons. The first kappa shape index (κ1) is 13.8. The molecule has 0 aliphatic carbocycles. The largest absolute Gasteiger partial charge is 0.525 e. The quantitative estimate of drug-likeness (QED) is 0.523. The van der Waals surface area contributed by atoms with Crippen LogP contribution in [0.15, 0.2) is 0 Å². The van der Waals surface area contributed by atoms with Crippen molar-refractivity contribution in [1.29, 1.82) is 0 Å². The van der Waals surface area contributed by atoms with Crippen LogP contribution in [-0.4, -0.2) is 43.0 Å². The highest BCUT2D eigenvalue weighted by molar-refractivity contribution is 7.87. The van der Waals surface area contributed by atoms with Crippen LogP contribution < -0.4 is 0 Å². The Labute approximate surface area is 110 Å². The predicted octanol–water partition coefficient (Wildman–Crippen LogP) is -0.0700. The van der Waals surface area contributed by atoms with Gasteiger partial charge >= 0.3 is 15.6 Å². The van der Waals surface area contributed by atoms with Gasteiger partial charge in [-0.15, -0.1) is 9.35 Å². The van der Waals surface area contributed by atoms with E-state index in [2.05, 4.69) is 4.28 Å². The molecule has 2 amide bonds. The number of carbonyl (C=O) groups excluding carboxylic acids is 2. The molecule has 0 radical (unpaired) electrons. The predicted molar refractivity (Wildman–Crippen MR) is 52.8 cm³/mol. The summed E-state index contributed by atoms with van der Waals surface area (Å²) >= 11 is 0. The molecule has 3 fully saturated rings. The third-order valence-electron chi connectivity index (χ3n) is 3.70. The van der Waals surface area contributed by atoms with E-state index in [0.29, 0.717) is 12.8 Å². The monoisotopic (exact) mass is 315 g/mol. The highest BCUT2D eigenvalue weighted by Gasteiger charge is 2.65. The molecular weight excluding hydrogens is 307 g/mol. The maximum atomic E-state index is 12.2. The van der Waals surface area contributed by atoms with Gasteiger partial charge in [-0.25, -0.2) is 0 Å². The molecule has 3 aliphatic rings. The molecule has 4 atom stereocenters. The molecule has 0 aromatic heterocycles. The van der Waals surface area contributed by atoms with Gasteiger partial charge in [-0.2, -0.15) is 21.6 Å². The van der Waals surface area contributed by atoms with Crippen LogP contribution >= 0.6 is 0 Å². The highest BCUT2D eigenvalue weighted by atomic mass is 32.2. The summed E-state index contributed by atoms with van der Waals surface area (Å²) in [6, 6.07) is 0. The van der Waals surface area contributed by atoms with Crippen LogP contribution in [0.2, 0.25) is 0 Å². The van der Waals surface area contributed by atoms with Crippen LogP contribution in [0, 0.1) is 11.8 Å². The van der Waals surface area contributed by atoms with Crippen molar-refractivity contribution < 1.29 is 40.2 Å². The molecule has 7 nitrogen and oxygen atoms in total. The van der Waals surface area contributed by atoms with Crippen molar-refractivity contribution in [2.45, 2.75) is 30.6 Å². The number of hydrogen-bond acceptors (Lipinski definition) is 6. The van der Waals surface area contributed by atoms with Gasteiger partial charge < -0.3 is 4.74 Å². The summed E-state index contributed by atoms with van der Waals surface area (Å²) in [5, 5.41) is -0.286. The fourth-order valence-corrected chi connectivity index (χ4v) is 3.33. The molecule has 3 aliphatic heterocycles. The third kappa shape index (κ3) is 1.69. The van der Waals surface area contributed by atoms with Gasteiger partial charge in [-0.3, -0.25) is 9.59 Å². The molecular formula is C9H8F3NO6S. The maximum absolute atomic E-state index is 12.2. The topological polar surface area (TPSA) is 90.0 Å². The fraction of sp³-hybridized carbons (Fsp3) is 0.778. The number of hydrogen-bond donors (Lipinski definition) is 0. The van der Waals surface area contributed by atoms with E-state index in [1.165, 1.54) is 0 Å². The maximum Gasteiger partial charge on any atom is 0.525 e. The number of imide groups is 1. The summed E-state index contributed by atoms with van der Waals surface area (Å²) in [4.78, 5) is 23.7. The molecule has 20 heavy (non-hydrogen) atoms. The zero-order chi connectivity index (χ0) is 14.9. The van der Waals surface area contributed by atoms with Crippen molar-refractivity contribution >= 4 is 21.9 Å². The molecule has 3 heterocycles. The van der Waals surface area contributed by atoms with Crippen molar-refractivity contribution in [2.75, 3.05) is 0 Å². The zero-order valence-corrected chi connectivity index (χ0v) is 10.5. The van der Waals surface area contributed by atoms with E-state index in [-0.39, 0.29) is 5.06 Å². The van der Waals surface area contributed by atoms with Crippen molar-refractivity contribution in [3.8, 4) is 0 Å². The minimum absolute atomic E-state index is 0.286. The van der Waals surface area contributed by atoms with Gasteiger partial charge in [0.25, 0.3) is 11.8 Å². The molecule has 3 saturated heterocycles. The summed E-state index contributed by atoms with van der Waals surface area (Å²) in [5.41, 5.74) is -5.71. The van der Waals surface area contributed by atoms with Gasteiger partial charge in [0.15, 0.2) is 0 Å². The first-order valence-corrected chi connectivity index (χ1v) is 7.08. The summed E-state index contributed by atoms with van der Waals surface area (Å²) < 4.78 is 67.4. The van der Waals surface area contributed by atoms with E-state index in [9.17, 15) is 31.2 Å². The van der Waals surface area contributed by atoms with E-state index in [0.717, 1.165) is 0 Å². The highest BCUT2D eigenvalue weighted by Crippen LogP contribution is 2.48. The minimum Gasteiger partial charge on any atom is -0.373 e. The Morgan fingerprint density at radius 1 is 1.10 bits per heavy atom. The van der Waals surface area contributed by atoms with Gasteiger partial charge in [0.05, 0.1) is 24.0 Å². The number of rotatable bonds is 2. The molecule has 0 aromatic carbocycles. The standard InChI is InChI=1S/C9H8F3NO6S/c10-9(11,12)20(16,17)19-13-7(14)5-3-1-2-4(18-3)6(5)8(13)15/h3-6H,1-2H2. The lowest BCUT2D eigenvalue weighted by Gasteiger charge is -2.16. The Morgan fingerprint density at radius 3 is 1.95 bits per heavy atom. The van der Waals surface area contributed by atoms with Crippen molar-refractivity contribution in [3.05, 3.63) is 0 Å². The van der Waals surface area contributed by atoms with Crippen LogP contribution in [-0.2, 0) is 28.7 Å². The van der Waals surface area contributed by atoms with Crippen LogP contribution in [0.4, 0.5) is 13.2 Å². The van der Waals surface area contributed by atoms with E-state index in [1.807, 2.05) is 0 Å². The number of fused-ring (bicyclic) bond motifs is 5. The Bertz CT molecular complexity index is 559. The number of hydroxylamine groups is 2. The molecule has 0 saturated carbocycles. The lowest BCUT2D eigenvalue weighted by atomic mass is 9.81. The summed E-state index contributed by atoms with van der Waals surface area (Å²) in [5.74, 6) is -4.10. The van der Waals surface area contributed by atoms with Crippen molar-refractivity contribution in [2.24, 2.45) is 11.8 Å². The molecule has 4 unspecified atom stereocenters. The lowest BCUT2D eigenvalue weighted by Crippen LogP contribution is -2.40. The average molecular weight is 315 g/mol. The average Bonchev–Trinajstić information content (AvgIpc) is 2.97. The first-order valence-electron chi connectivity index (χ1n) is 5.67. The van der Waals surface area contributed by atoms with Crippen molar-refractivity contribution in [3.63, 3.8) is 0 Å². The van der Waals surface area contributed by atoms with Gasteiger partial charge in [-0.1, -0.05) is 0 Å². The van der Waals surface area contributed by atoms with Gasteiger partial charge in [0.1, 0.15) is 0 Å². The zero-order valence-electron chi connectivity index (χ0n) is 9.66. The number of carbonyl (C=O) groups is 2. The first-order chi connectivity index (χ1) is 9.13. The van der Waals surface area contributed by atoms with Crippen LogP contribution in [0.3, 0.4) is 0 Å². The van der Waals surface area contributed by atoms with E-state index < -0.39 is 51.5 Å². The van der Waals surface area contributed by atoms with Crippen molar-refractivity contribution in [1.82, 2.24) is 5.06 Å². The molecule has 0 aromatic rings. The molecule has 11 heteroatoms. The minimum atomic E-state index is -6.05. The number of nitrogens with zero attached hydrogens (tertiary/aromatic N) is 1. The number of alkyl halides is 3. The Kier molecular flexibility index (Phi) is 2.70. The third-order valence-corrected chi connectivity index (χ3v) is 4.61. The number of ether oxygens (including phenoxy) is 1. The molecule has 3 rings (SSSR count). The fourth-order valence-electron chi connectivity index (χ4n) is 2.90. The van der Waals surface area contributed by atoms with Gasteiger partial charge in [0.2, 0.25) is 0 Å². The lowest BCUT2D eigenvalue weighted by molar-refractivity contribution is -0.171. The molecule has 0 N–H and O–H groups in total. The Morgan fingerprint density at radius 2 is 1.55 bits per heavy atom. The molecule has 0 spiro atoms. The second-order valence-corrected chi connectivity index (χ2v) is 6.31. The van der Waals surface area contributed by atoms with Gasteiger partial charge in [0, 0.05) is 0 Å². The van der Waals surface area contributed by atoms with E-state index in [1.54, 1.807) is 0 Å². The van der Waals surface area contributed by atoms with Crippen LogP contribution in [0.5, 0.6) is 0 Å². The van der Waals surface area contributed by atoms with E-state index >= 15 is 0 Å². The second kappa shape index (κ2) is 3.92. The summed E-state index contributed by atoms with van der Waals surface area (Å²) in [7, 11) is -6.05.